The van der Waals surface area contributed by atoms with Crippen LogP contribution in [0, 0.1) is 0 Å². The first-order valence-corrected chi connectivity index (χ1v) is 14.1. The highest BCUT2D eigenvalue weighted by Gasteiger charge is 2.21. The van der Waals surface area contributed by atoms with Crippen molar-refractivity contribution in [1.29, 1.82) is 0 Å². The van der Waals surface area contributed by atoms with Crippen molar-refractivity contribution >= 4 is 43.9 Å². The normalized spacial score (nSPS) is 13.2. The van der Waals surface area contributed by atoms with E-state index in [1.54, 1.807) is 0 Å². The average Bonchev–Trinajstić information content (AvgIpc) is 3.72. The highest BCUT2D eigenvalue weighted by Crippen LogP contribution is 2.43. The number of benzene rings is 6. The zero-order chi connectivity index (χ0) is 33.4. The van der Waals surface area contributed by atoms with E-state index in [1.807, 2.05) is 97.1 Å². The predicted molar refractivity (Wildman–Crippen MR) is 176 cm³/mol. The second-order valence-electron chi connectivity index (χ2n) is 10.4. The van der Waals surface area contributed by atoms with Gasteiger partial charge in [0, 0.05) is 49.4 Å². The average molecular weight is 571 g/mol. The maximum absolute atomic E-state index is 8.64. The largest absolute Gasteiger partial charge is 0.455 e. The molecular formula is C39H23N3O2. The molecule has 0 unspecified atom stereocenters. The third kappa shape index (κ3) is 3.83. The lowest BCUT2D eigenvalue weighted by molar-refractivity contribution is 0.665. The summed E-state index contributed by atoms with van der Waals surface area (Å²) in [6, 6.07) is 32.8. The molecule has 0 aliphatic carbocycles. The molecule has 9 rings (SSSR count). The molecule has 0 saturated heterocycles. The van der Waals surface area contributed by atoms with Crippen LogP contribution < -0.4 is 0 Å². The van der Waals surface area contributed by atoms with Crippen molar-refractivity contribution in [1.82, 2.24) is 15.0 Å². The van der Waals surface area contributed by atoms with E-state index in [2.05, 4.69) is 17.1 Å². The van der Waals surface area contributed by atoms with Gasteiger partial charge >= 0.3 is 0 Å². The van der Waals surface area contributed by atoms with Crippen LogP contribution in [-0.4, -0.2) is 15.0 Å². The SMILES string of the molecule is [2H]c1c([2H])c([2H])c(-c2nc(-c3ccccc3)nc(-c3cccc4oc5c(-c6cccc7c6oc6ccccc67)cccc5c34)n2)c([2H])c1[2H]. The Kier molecular flexibility index (Phi) is 4.42. The summed E-state index contributed by atoms with van der Waals surface area (Å²) < 4.78 is 54.9. The van der Waals surface area contributed by atoms with Gasteiger partial charge in [0.2, 0.25) is 0 Å². The summed E-state index contributed by atoms with van der Waals surface area (Å²) in [6.45, 7) is 0. The van der Waals surface area contributed by atoms with E-state index in [-0.39, 0.29) is 17.2 Å². The van der Waals surface area contributed by atoms with Crippen molar-refractivity contribution in [2.75, 3.05) is 0 Å². The molecule has 0 atom stereocenters. The van der Waals surface area contributed by atoms with Crippen molar-refractivity contribution < 1.29 is 15.7 Å². The van der Waals surface area contributed by atoms with E-state index in [1.165, 1.54) is 0 Å². The van der Waals surface area contributed by atoms with Gasteiger partial charge in [0.1, 0.15) is 22.3 Å². The molecule has 6 aromatic carbocycles. The molecule has 0 saturated carbocycles. The molecule has 0 amide bonds. The molecule has 0 fully saturated rings. The summed E-state index contributed by atoms with van der Waals surface area (Å²) in [4.78, 5) is 14.3. The van der Waals surface area contributed by atoms with Crippen LogP contribution in [0.1, 0.15) is 6.85 Å². The Bertz CT molecular complexity index is 2760. The Morgan fingerprint density at radius 2 is 1.00 bits per heavy atom. The van der Waals surface area contributed by atoms with Gasteiger partial charge in [-0.15, -0.1) is 0 Å². The second kappa shape index (κ2) is 9.75. The van der Waals surface area contributed by atoms with E-state index >= 15 is 0 Å². The molecule has 3 heterocycles. The van der Waals surface area contributed by atoms with Crippen LogP contribution in [0.5, 0.6) is 0 Å². The van der Waals surface area contributed by atoms with Gasteiger partial charge in [0.25, 0.3) is 0 Å². The number of fused-ring (bicyclic) bond motifs is 6. The molecule has 0 spiro atoms. The van der Waals surface area contributed by atoms with Gasteiger partial charge in [-0.05, 0) is 12.1 Å². The van der Waals surface area contributed by atoms with E-state index in [0.717, 1.165) is 43.8 Å². The molecule has 5 heteroatoms. The third-order valence-corrected chi connectivity index (χ3v) is 7.85. The summed E-state index contributed by atoms with van der Waals surface area (Å²) in [7, 11) is 0. The maximum atomic E-state index is 8.64. The Hall–Kier alpha value is -6.07. The van der Waals surface area contributed by atoms with Gasteiger partial charge in [-0.25, -0.2) is 15.0 Å². The summed E-state index contributed by atoms with van der Waals surface area (Å²) in [6.07, 6.45) is 0. The fourth-order valence-electron chi connectivity index (χ4n) is 5.89. The number of hydrogen-bond acceptors (Lipinski definition) is 5. The standard InChI is InChI=1S/C39H23N3O2/c1-3-12-24(13-4-1)37-40-38(25-14-5-2-6-15-25)42-39(41-37)31-21-11-23-33-34(31)30-20-10-19-29(36(30)44-33)28-18-9-17-27-26-16-7-8-22-32(26)43-35(27)28/h1-23H/i1D,3D,4D,12D,13D. The Morgan fingerprint density at radius 3 is 1.82 bits per heavy atom. The fraction of sp³-hybridized carbons (Fsp3) is 0. The minimum absolute atomic E-state index is 0.0251. The van der Waals surface area contributed by atoms with E-state index < -0.39 is 30.2 Å². The van der Waals surface area contributed by atoms with Crippen LogP contribution in [0.3, 0.4) is 0 Å². The molecule has 0 bridgehead atoms. The van der Waals surface area contributed by atoms with E-state index in [9.17, 15) is 0 Å². The highest BCUT2D eigenvalue weighted by molar-refractivity contribution is 6.17. The smallest absolute Gasteiger partial charge is 0.164 e. The van der Waals surface area contributed by atoms with Crippen LogP contribution >= 0.6 is 0 Å². The Balaban J connectivity index is 1.31. The number of hydrogen-bond donors (Lipinski definition) is 0. The zero-order valence-electron chi connectivity index (χ0n) is 28.1. The molecule has 5 nitrogen and oxygen atoms in total. The van der Waals surface area contributed by atoms with Crippen LogP contribution in [0.25, 0.3) is 89.2 Å². The quantitative estimate of drug-likeness (QED) is 0.211. The topological polar surface area (TPSA) is 65.0 Å². The molecule has 0 aliphatic heterocycles. The first-order chi connectivity index (χ1) is 23.9. The van der Waals surface area contributed by atoms with E-state index in [4.69, 9.17) is 25.7 Å². The van der Waals surface area contributed by atoms with Crippen LogP contribution in [0.15, 0.2) is 148 Å². The minimum Gasteiger partial charge on any atom is -0.455 e. The van der Waals surface area contributed by atoms with Gasteiger partial charge in [-0.3, -0.25) is 0 Å². The van der Waals surface area contributed by atoms with Crippen molar-refractivity contribution in [3.05, 3.63) is 139 Å². The summed E-state index contributed by atoms with van der Waals surface area (Å²) in [5.41, 5.74) is 5.85. The summed E-state index contributed by atoms with van der Waals surface area (Å²) >= 11 is 0. The van der Waals surface area contributed by atoms with Gasteiger partial charge in [-0.2, -0.15) is 0 Å². The third-order valence-electron chi connectivity index (χ3n) is 7.85. The second-order valence-corrected chi connectivity index (χ2v) is 10.4. The molecule has 3 aromatic heterocycles. The Morgan fingerprint density at radius 1 is 0.432 bits per heavy atom. The highest BCUT2D eigenvalue weighted by atomic mass is 16.3. The van der Waals surface area contributed by atoms with Gasteiger partial charge in [0.05, 0.1) is 6.85 Å². The lowest BCUT2D eigenvalue weighted by atomic mass is 9.98. The molecule has 206 valence electrons. The maximum Gasteiger partial charge on any atom is 0.164 e. The van der Waals surface area contributed by atoms with Crippen LogP contribution in [0.2, 0.25) is 0 Å². The van der Waals surface area contributed by atoms with Crippen molar-refractivity contribution in [2.45, 2.75) is 0 Å². The monoisotopic (exact) mass is 570 g/mol. The van der Waals surface area contributed by atoms with Gasteiger partial charge in [0.15, 0.2) is 17.5 Å². The Labute approximate surface area is 259 Å². The van der Waals surface area contributed by atoms with Crippen LogP contribution in [-0.2, 0) is 0 Å². The predicted octanol–water partition coefficient (Wildman–Crippen LogP) is 10.3. The molecule has 9 aromatic rings. The molecule has 0 radical (unpaired) electrons. The minimum atomic E-state index is -0.486. The molecule has 44 heavy (non-hydrogen) atoms. The number of rotatable bonds is 4. The molecule has 0 N–H and O–H groups in total. The summed E-state index contributed by atoms with van der Waals surface area (Å²) in [5.74, 6) is 0.547. The number of aromatic nitrogens is 3. The van der Waals surface area contributed by atoms with Gasteiger partial charge in [-0.1, -0.05) is 127 Å². The number of nitrogens with zero attached hydrogens (tertiary/aromatic N) is 3. The van der Waals surface area contributed by atoms with Crippen LogP contribution in [0.4, 0.5) is 0 Å². The number of para-hydroxylation sites is 3. The first kappa shape index (κ1) is 19.9. The van der Waals surface area contributed by atoms with Gasteiger partial charge < -0.3 is 8.83 Å². The van der Waals surface area contributed by atoms with Crippen molar-refractivity contribution in [2.24, 2.45) is 0 Å². The molecular weight excluding hydrogens is 542 g/mol. The summed E-state index contributed by atoms with van der Waals surface area (Å²) in [5, 5.41) is 3.66. The van der Waals surface area contributed by atoms with Crippen molar-refractivity contribution in [3.8, 4) is 45.3 Å². The fourth-order valence-corrected chi connectivity index (χ4v) is 5.89. The lowest BCUT2D eigenvalue weighted by Crippen LogP contribution is -2.00. The van der Waals surface area contributed by atoms with E-state index in [0.29, 0.717) is 28.1 Å². The lowest BCUT2D eigenvalue weighted by Gasteiger charge is -2.09. The molecule has 0 aliphatic rings. The first-order valence-electron chi connectivity index (χ1n) is 16.6. The number of furan rings is 2. The van der Waals surface area contributed by atoms with Crippen molar-refractivity contribution in [3.63, 3.8) is 0 Å². The zero-order valence-corrected chi connectivity index (χ0v) is 23.1.